The summed E-state index contributed by atoms with van der Waals surface area (Å²) >= 11 is 0. The molecular formula is C13H12N2O2. The molecule has 1 saturated heterocycles. The minimum absolute atomic E-state index is 0.123. The first-order valence-electron chi connectivity index (χ1n) is 5.69. The Morgan fingerprint density at radius 2 is 1.65 bits per heavy atom. The van der Waals surface area contributed by atoms with Crippen LogP contribution in [0.1, 0.15) is 19.3 Å². The summed E-state index contributed by atoms with van der Waals surface area (Å²) < 4.78 is 1.65. The average molecular weight is 228 g/mol. The minimum atomic E-state index is -0.123. The first-order valence-corrected chi connectivity index (χ1v) is 5.69. The lowest BCUT2D eigenvalue weighted by Gasteiger charge is -2.26. The van der Waals surface area contributed by atoms with Crippen LogP contribution in [0.25, 0.3) is 10.9 Å². The van der Waals surface area contributed by atoms with Crippen LogP contribution < -0.4 is 5.01 Å². The van der Waals surface area contributed by atoms with Crippen LogP contribution in [0.3, 0.4) is 0 Å². The highest BCUT2D eigenvalue weighted by molar-refractivity contribution is 6.11. The predicted molar refractivity (Wildman–Crippen MR) is 64.0 cm³/mol. The molecule has 0 unspecified atom stereocenters. The van der Waals surface area contributed by atoms with E-state index in [0.29, 0.717) is 19.3 Å². The van der Waals surface area contributed by atoms with Crippen molar-refractivity contribution >= 4 is 22.7 Å². The lowest BCUT2D eigenvalue weighted by atomic mass is 10.1. The Kier molecular flexibility index (Phi) is 2.21. The van der Waals surface area contributed by atoms with E-state index in [1.807, 2.05) is 30.3 Å². The second-order valence-electron chi connectivity index (χ2n) is 4.17. The van der Waals surface area contributed by atoms with E-state index in [1.165, 1.54) is 5.01 Å². The SMILES string of the molecule is O=C1CCCC(=O)N1n1ccc2ccccc21. The lowest BCUT2D eigenvalue weighted by Crippen LogP contribution is -2.47. The van der Waals surface area contributed by atoms with Crippen LogP contribution in [-0.4, -0.2) is 16.5 Å². The highest BCUT2D eigenvalue weighted by Gasteiger charge is 2.28. The van der Waals surface area contributed by atoms with E-state index in [1.54, 1.807) is 10.9 Å². The summed E-state index contributed by atoms with van der Waals surface area (Å²) in [5.41, 5.74) is 0.885. The standard InChI is InChI=1S/C13H12N2O2/c16-12-6-3-7-13(17)15(12)14-9-8-10-4-1-2-5-11(10)14/h1-2,4-5,8-9H,3,6-7H2. The molecule has 0 atom stereocenters. The molecule has 1 aromatic carbocycles. The molecule has 2 amide bonds. The molecule has 0 bridgehead atoms. The fraction of sp³-hybridized carbons (Fsp3) is 0.231. The average Bonchev–Trinajstić information content (AvgIpc) is 2.73. The Morgan fingerprint density at radius 1 is 0.941 bits per heavy atom. The first-order chi connectivity index (χ1) is 8.27. The van der Waals surface area contributed by atoms with Crippen molar-refractivity contribution in [2.24, 2.45) is 0 Å². The normalized spacial score (nSPS) is 16.8. The van der Waals surface area contributed by atoms with Gasteiger partial charge >= 0.3 is 0 Å². The topological polar surface area (TPSA) is 42.3 Å². The highest BCUT2D eigenvalue weighted by atomic mass is 16.2. The Hall–Kier alpha value is -2.10. The van der Waals surface area contributed by atoms with Crippen molar-refractivity contribution in [2.45, 2.75) is 19.3 Å². The summed E-state index contributed by atoms with van der Waals surface area (Å²) in [6, 6.07) is 9.62. The van der Waals surface area contributed by atoms with Crippen LogP contribution in [0.4, 0.5) is 0 Å². The van der Waals surface area contributed by atoms with E-state index < -0.39 is 0 Å². The predicted octanol–water partition coefficient (Wildman–Crippen LogP) is 1.82. The zero-order chi connectivity index (χ0) is 11.8. The molecule has 1 aromatic heterocycles. The number of hydrogen-bond acceptors (Lipinski definition) is 2. The summed E-state index contributed by atoms with van der Waals surface area (Å²) in [5, 5.41) is 2.28. The zero-order valence-corrected chi connectivity index (χ0v) is 9.30. The smallest absolute Gasteiger partial charge is 0.248 e. The van der Waals surface area contributed by atoms with E-state index in [4.69, 9.17) is 0 Å². The van der Waals surface area contributed by atoms with Gasteiger partial charge in [0.2, 0.25) is 11.8 Å². The van der Waals surface area contributed by atoms with Crippen LogP contribution >= 0.6 is 0 Å². The molecule has 0 saturated carbocycles. The third kappa shape index (κ3) is 1.53. The van der Waals surface area contributed by atoms with Crippen LogP contribution in [0.5, 0.6) is 0 Å². The van der Waals surface area contributed by atoms with Crippen molar-refractivity contribution in [1.29, 1.82) is 0 Å². The molecule has 3 rings (SSSR count). The summed E-state index contributed by atoms with van der Waals surface area (Å²) in [6.07, 6.45) is 3.32. The van der Waals surface area contributed by atoms with Crippen LogP contribution in [-0.2, 0) is 9.59 Å². The van der Waals surface area contributed by atoms with E-state index in [-0.39, 0.29) is 11.8 Å². The molecule has 4 heteroatoms. The Morgan fingerprint density at radius 3 is 2.41 bits per heavy atom. The molecule has 1 aliphatic heterocycles. The number of carbonyl (C=O) groups is 2. The fourth-order valence-electron chi connectivity index (χ4n) is 2.22. The number of aromatic nitrogens is 1. The minimum Gasteiger partial charge on any atom is -0.273 e. The van der Waals surface area contributed by atoms with E-state index in [0.717, 1.165) is 10.9 Å². The largest absolute Gasteiger partial charge is 0.273 e. The van der Waals surface area contributed by atoms with Crippen LogP contribution in [0.15, 0.2) is 36.5 Å². The van der Waals surface area contributed by atoms with Gasteiger partial charge in [-0.25, -0.2) is 0 Å². The number of fused-ring (bicyclic) bond motifs is 1. The number of piperidine rings is 1. The number of rotatable bonds is 1. The van der Waals surface area contributed by atoms with Gasteiger partial charge in [-0.05, 0) is 18.6 Å². The monoisotopic (exact) mass is 228 g/mol. The van der Waals surface area contributed by atoms with Crippen molar-refractivity contribution in [2.75, 3.05) is 5.01 Å². The van der Waals surface area contributed by atoms with Crippen molar-refractivity contribution in [1.82, 2.24) is 4.68 Å². The Balaban J connectivity index is 2.14. The van der Waals surface area contributed by atoms with Crippen molar-refractivity contribution in [3.8, 4) is 0 Å². The van der Waals surface area contributed by atoms with Gasteiger partial charge in [0.1, 0.15) is 0 Å². The van der Waals surface area contributed by atoms with Gasteiger partial charge < -0.3 is 0 Å². The molecule has 1 fully saturated rings. The Labute approximate surface area is 98.4 Å². The zero-order valence-electron chi connectivity index (χ0n) is 9.30. The third-order valence-electron chi connectivity index (χ3n) is 3.05. The second kappa shape index (κ2) is 3.73. The van der Waals surface area contributed by atoms with Crippen LogP contribution in [0, 0.1) is 0 Å². The number of imide groups is 1. The van der Waals surface area contributed by atoms with Crippen molar-refractivity contribution in [3.63, 3.8) is 0 Å². The molecule has 0 radical (unpaired) electrons. The lowest BCUT2D eigenvalue weighted by molar-refractivity contribution is -0.131. The van der Waals surface area contributed by atoms with Crippen molar-refractivity contribution < 1.29 is 9.59 Å². The number of para-hydroxylation sites is 1. The van der Waals surface area contributed by atoms with Gasteiger partial charge in [0, 0.05) is 24.4 Å². The summed E-state index contributed by atoms with van der Waals surface area (Å²) in [5.74, 6) is -0.245. The number of carbonyl (C=O) groups excluding carboxylic acids is 2. The van der Waals surface area contributed by atoms with E-state index in [9.17, 15) is 9.59 Å². The maximum Gasteiger partial charge on any atom is 0.248 e. The van der Waals surface area contributed by atoms with E-state index in [2.05, 4.69) is 0 Å². The molecule has 0 aliphatic carbocycles. The Bertz CT molecular complexity index is 584. The van der Waals surface area contributed by atoms with Gasteiger partial charge in [-0.1, -0.05) is 18.2 Å². The molecule has 1 aliphatic rings. The second-order valence-corrected chi connectivity index (χ2v) is 4.17. The first kappa shape index (κ1) is 10.1. The number of hydrogen-bond donors (Lipinski definition) is 0. The fourth-order valence-corrected chi connectivity index (χ4v) is 2.22. The molecule has 4 nitrogen and oxygen atoms in total. The number of nitrogens with zero attached hydrogens (tertiary/aromatic N) is 2. The maximum absolute atomic E-state index is 11.8. The maximum atomic E-state index is 11.8. The molecule has 2 aromatic rings. The van der Waals surface area contributed by atoms with Crippen LogP contribution in [0.2, 0.25) is 0 Å². The molecule has 0 N–H and O–H groups in total. The number of benzene rings is 1. The van der Waals surface area contributed by atoms with Gasteiger partial charge in [0.15, 0.2) is 0 Å². The molecule has 86 valence electrons. The third-order valence-corrected chi connectivity index (χ3v) is 3.05. The van der Waals surface area contributed by atoms with Gasteiger partial charge in [-0.15, -0.1) is 0 Å². The summed E-state index contributed by atoms with van der Waals surface area (Å²) in [7, 11) is 0. The molecule has 17 heavy (non-hydrogen) atoms. The van der Waals surface area contributed by atoms with Gasteiger partial charge in [0.05, 0.1) is 5.52 Å². The molecule has 2 heterocycles. The van der Waals surface area contributed by atoms with Gasteiger partial charge in [-0.2, -0.15) is 5.01 Å². The highest BCUT2D eigenvalue weighted by Crippen LogP contribution is 2.19. The van der Waals surface area contributed by atoms with Gasteiger partial charge in [-0.3, -0.25) is 14.3 Å². The summed E-state index contributed by atoms with van der Waals surface area (Å²) in [4.78, 5) is 23.7. The van der Waals surface area contributed by atoms with E-state index >= 15 is 0 Å². The molecular weight excluding hydrogens is 216 g/mol. The van der Waals surface area contributed by atoms with Gasteiger partial charge in [0.25, 0.3) is 0 Å². The van der Waals surface area contributed by atoms with Crippen molar-refractivity contribution in [3.05, 3.63) is 36.5 Å². The quantitative estimate of drug-likeness (QED) is 0.699. The summed E-state index contributed by atoms with van der Waals surface area (Å²) in [6.45, 7) is 0. The number of amides is 2. The molecule has 0 spiro atoms.